The number of nitrogens with one attached hydrogen (secondary N) is 1. The van der Waals surface area contributed by atoms with Crippen molar-refractivity contribution < 1.29 is 4.79 Å². The Morgan fingerprint density at radius 1 is 1.38 bits per heavy atom. The molecule has 0 radical (unpaired) electrons. The number of hydrogen-bond donors (Lipinski definition) is 2. The van der Waals surface area contributed by atoms with Crippen LogP contribution >= 0.6 is 0 Å². The molecule has 1 aromatic rings. The Morgan fingerprint density at radius 3 is 2.94 bits per heavy atom. The first kappa shape index (κ1) is 9.85. The van der Waals surface area contributed by atoms with E-state index in [9.17, 15) is 4.79 Å². The fourth-order valence-corrected chi connectivity index (χ4v) is 2.36. The van der Waals surface area contributed by atoms with Crippen molar-refractivity contribution in [2.75, 3.05) is 6.54 Å². The highest BCUT2D eigenvalue weighted by molar-refractivity contribution is 5.96. The van der Waals surface area contributed by atoms with Gasteiger partial charge in [-0.1, -0.05) is 12.1 Å². The van der Waals surface area contributed by atoms with Gasteiger partial charge in [0.05, 0.1) is 0 Å². The lowest BCUT2D eigenvalue weighted by molar-refractivity contribution is 0.0946. The molecule has 1 aliphatic heterocycles. The van der Waals surface area contributed by atoms with Gasteiger partial charge in [0.1, 0.15) is 0 Å². The van der Waals surface area contributed by atoms with Crippen LogP contribution in [0.4, 0.5) is 0 Å². The number of carbonyl (C=O) groups is 1. The minimum atomic E-state index is 0.0473. The standard InChI is InChI=1S/C13H16N2O/c14-12(9-2-3-9)10-4-1-8-5-6-15-13(16)11(8)7-10/h1,4,7,9,12H,2-3,5-6,14H2,(H,15,16). The largest absolute Gasteiger partial charge is 0.352 e. The van der Waals surface area contributed by atoms with Crippen LogP contribution in [-0.2, 0) is 6.42 Å². The molecule has 1 amide bonds. The first-order chi connectivity index (χ1) is 7.75. The molecule has 0 saturated heterocycles. The van der Waals surface area contributed by atoms with E-state index in [4.69, 9.17) is 5.73 Å². The maximum atomic E-state index is 11.7. The van der Waals surface area contributed by atoms with Crippen LogP contribution in [0.3, 0.4) is 0 Å². The first-order valence-corrected chi connectivity index (χ1v) is 5.92. The van der Waals surface area contributed by atoms with Gasteiger partial charge < -0.3 is 11.1 Å². The summed E-state index contributed by atoms with van der Waals surface area (Å²) in [5, 5.41) is 2.87. The van der Waals surface area contributed by atoms with Gasteiger partial charge in [-0.25, -0.2) is 0 Å². The first-order valence-electron chi connectivity index (χ1n) is 5.92. The van der Waals surface area contributed by atoms with E-state index in [1.54, 1.807) is 0 Å². The molecule has 0 aromatic heterocycles. The van der Waals surface area contributed by atoms with E-state index in [0.717, 1.165) is 29.7 Å². The summed E-state index contributed by atoms with van der Waals surface area (Å²) in [6.45, 7) is 0.750. The molecular weight excluding hydrogens is 200 g/mol. The minimum absolute atomic E-state index is 0.0473. The predicted octanol–water partition coefficient (Wildman–Crippen LogP) is 1.38. The zero-order valence-electron chi connectivity index (χ0n) is 9.20. The maximum absolute atomic E-state index is 11.7. The van der Waals surface area contributed by atoms with Crippen molar-refractivity contribution in [2.24, 2.45) is 11.7 Å². The van der Waals surface area contributed by atoms with Crippen molar-refractivity contribution in [3.8, 4) is 0 Å². The molecule has 0 bridgehead atoms. The van der Waals surface area contributed by atoms with Gasteiger partial charge >= 0.3 is 0 Å². The van der Waals surface area contributed by atoms with Gasteiger partial charge in [-0.2, -0.15) is 0 Å². The molecule has 1 saturated carbocycles. The lowest BCUT2D eigenvalue weighted by Gasteiger charge is -2.19. The minimum Gasteiger partial charge on any atom is -0.352 e. The molecule has 1 unspecified atom stereocenters. The Morgan fingerprint density at radius 2 is 2.19 bits per heavy atom. The molecule has 3 rings (SSSR count). The Kier molecular flexibility index (Phi) is 2.21. The second-order valence-corrected chi connectivity index (χ2v) is 4.79. The quantitative estimate of drug-likeness (QED) is 0.784. The SMILES string of the molecule is NC(c1ccc2c(c1)C(=O)NCC2)C1CC1. The fourth-order valence-electron chi connectivity index (χ4n) is 2.36. The zero-order valence-corrected chi connectivity index (χ0v) is 9.20. The van der Waals surface area contributed by atoms with Gasteiger partial charge in [0.2, 0.25) is 0 Å². The molecule has 3 heteroatoms. The van der Waals surface area contributed by atoms with Gasteiger partial charge in [0.25, 0.3) is 5.91 Å². The molecule has 1 atom stereocenters. The highest BCUT2D eigenvalue weighted by atomic mass is 16.1. The number of amides is 1. The molecule has 1 fully saturated rings. The molecule has 3 nitrogen and oxygen atoms in total. The Labute approximate surface area is 95.0 Å². The Hall–Kier alpha value is -1.35. The number of rotatable bonds is 2. The second-order valence-electron chi connectivity index (χ2n) is 4.79. The van der Waals surface area contributed by atoms with Crippen LogP contribution in [0.2, 0.25) is 0 Å². The molecule has 84 valence electrons. The van der Waals surface area contributed by atoms with Crippen LogP contribution in [-0.4, -0.2) is 12.5 Å². The van der Waals surface area contributed by atoms with Gasteiger partial charge in [0, 0.05) is 18.2 Å². The highest BCUT2D eigenvalue weighted by Gasteiger charge is 2.30. The van der Waals surface area contributed by atoms with Crippen LogP contribution in [0, 0.1) is 5.92 Å². The van der Waals surface area contributed by atoms with E-state index >= 15 is 0 Å². The van der Waals surface area contributed by atoms with Crippen molar-refractivity contribution in [1.29, 1.82) is 0 Å². The molecule has 0 spiro atoms. The molecule has 2 aliphatic rings. The highest BCUT2D eigenvalue weighted by Crippen LogP contribution is 2.39. The van der Waals surface area contributed by atoms with Crippen molar-refractivity contribution in [3.63, 3.8) is 0 Å². The summed E-state index contributed by atoms with van der Waals surface area (Å²) in [6.07, 6.45) is 3.38. The second kappa shape index (κ2) is 3.59. The average Bonchev–Trinajstić information content (AvgIpc) is 3.12. The number of hydrogen-bond acceptors (Lipinski definition) is 2. The fraction of sp³-hybridized carbons (Fsp3) is 0.462. The third-order valence-corrected chi connectivity index (χ3v) is 3.57. The maximum Gasteiger partial charge on any atom is 0.251 e. The number of benzene rings is 1. The van der Waals surface area contributed by atoms with Crippen molar-refractivity contribution in [1.82, 2.24) is 5.32 Å². The van der Waals surface area contributed by atoms with Crippen molar-refractivity contribution >= 4 is 5.91 Å². The van der Waals surface area contributed by atoms with Gasteiger partial charge in [-0.05, 0) is 42.4 Å². The average molecular weight is 216 g/mol. The normalized spacial score (nSPS) is 21.2. The number of carbonyl (C=O) groups excluding carboxylic acids is 1. The lowest BCUT2D eigenvalue weighted by atomic mass is 9.94. The third kappa shape index (κ3) is 1.61. The van der Waals surface area contributed by atoms with E-state index in [0.29, 0.717) is 5.92 Å². The van der Waals surface area contributed by atoms with E-state index in [1.165, 1.54) is 12.8 Å². The monoisotopic (exact) mass is 216 g/mol. The van der Waals surface area contributed by atoms with Crippen molar-refractivity contribution in [3.05, 3.63) is 34.9 Å². The van der Waals surface area contributed by atoms with E-state index in [2.05, 4.69) is 17.4 Å². The summed E-state index contributed by atoms with van der Waals surface area (Å²) in [5.41, 5.74) is 9.22. The molecular formula is C13H16N2O. The topological polar surface area (TPSA) is 55.1 Å². The summed E-state index contributed by atoms with van der Waals surface area (Å²) in [6, 6.07) is 6.24. The predicted molar refractivity (Wildman–Crippen MR) is 62.1 cm³/mol. The van der Waals surface area contributed by atoms with Crippen LogP contribution in [0.5, 0.6) is 0 Å². The van der Waals surface area contributed by atoms with Crippen LogP contribution < -0.4 is 11.1 Å². The summed E-state index contributed by atoms with van der Waals surface area (Å²) in [7, 11) is 0. The van der Waals surface area contributed by atoms with Gasteiger partial charge in [-0.15, -0.1) is 0 Å². The number of fused-ring (bicyclic) bond motifs is 1. The smallest absolute Gasteiger partial charge is 0.251 e. The van der Waals surface area contributed by atoms with Gasteiger partial charge in [0.15, 0.2) is 0 Å². The molecule has 1 heterocycles. The van der Waals surface area contributed by atoms with Crippen LogP contribution in [0.1, 0.15) is 40.4 Å². The lowest BCUT2D eigenvalue weighted by Crippen LogP contribution is -2.32. The third-order valence-electron chi connectivity index (χ3n) is 3.57. The van der Waals surface area contributed by atoms with Crippen molar-refractivity contribution in [2.45, 2.75) is 25.3 Å². The number of nitrogens with two attached hydrogens (primary N) is 1. The van der Waals surface area contributed by atoms with Gasteiger partial charge in [-0.3, -0.25) is 4.79 Å². The summed E-state index contributed by atoms with van der Waals surface area (Å²) >= 11 is 0. The van der Waals surface area contributed by atoms with Crippen LogP contribution in [0.25, 0.3) is 0 Å². The summed E-state index contributed by atoms with van der Waals surface area (Å²) in [4.78, 5) is 11.7. The molecule has 3 N–H and O–H groups in total. The summed E-state index contributed by atoms with van der Waals surface area (Å²) < 4.78 is 0. The molecule has 1 aromatic carbocycles. The van der Waals surface area contributed by atoms with E-state index < -0.39 is 0 Å². The van der Waals surface area contributed by atoms with E-state index in [-0.39, 0.29) is 11.9 Å². The molecule has 16 heavy (non-hydrogen) atoms. The summed E-state index contributed by atoms with van der Waals surface area (Å²) in [5.74, 6) is 0.677. The Bertz CT molecular complexity index is 438. The molecule has 1 aliphatic carbocycles. The Balaban J connectivity index is 1.96. The van der Waals surface area contributed by atoms with Crippen LogP contribution in [0.15, 0.2) is 18.2 Å². The van der Waals surface area contributed by atoms with E-state index in [1.807, 2.05) is 6.07 Å². The zero-order chi connectivity index (χ0) is 11.1.